The third kappa shape index (κ3) is 3.28. The van der Waals surface area contributed by atoms with Crippen LogP contribution in [0.4, 0.5) is 5.82 Å². The summed E-state index contributed by atoms with van der Waals surface area (Å²) in [5, 5.41) is 9.48. The lowest BCUT2D eigenvalue weighted by molar-refractivity contribution is 0.0599. The molecule has 1 unspecified atom stereocenters. The summed E-state index contributed by atoms with van der Waals surface area (Å²) in [5.41, 5.74) is 0.593. The van der Waals surface area contributed by atoms with Crippen molar-refractivity contribution in [3.05, 3.63) is 23.9 Å². The molecule has 0 aromatic carbocycles. The molecule has 1 aliphatic heterocycles. The number of amides is 1. The van der Waals surface area contributed by atoms with E-state index in [0.717, 1.165) is 38.0 Å². The van der Waals surface area contributed by atoms with Crippen molar-refractivity contribution in [3.8, 4) is 0 Å². The molecule has 1 fully saturated rings. The highest BCUT2D eigenvalue weighted by atomic mass is 16.3. The van der Waals surface area contributed by atoms with Gasteiger partial charge in [-0.1, -0.05) is 12.8 Å². The lowest BCUT2D eigenvalue weighted by Crippen LogP contribution is -2.42. The third-order valence-electron chi connectivity index (χ3n) is 3.80. The lowest BCUT2D eigenvalue weighted by Gasteiger charge is -2.28. The zero-order chi connectivity index (χ0) is 14.5. The van der Waals surface area contributed by atoms with Gasteiger partial charge in [0.05, 0.1) is 18.2 Å². The van der Waals surface area contributed by atoms with Crippen molar-refractivity contribution in [2.24, 2.45) is 0 Å². The number of carbonyl (C=O) groups is 1. The Labute approximate surface area is 120 Å². The molecule has 20 heavy (non-hydrogen) atoms. The second-order valence-corrected chi connectivity index (χ2v) is 5.48. The summed E-state index contributed by atoms with van der Waals surface area (Å²) in [6.45, 7) is 0.758. The van der Waals surface area contributed by atoms with Crippen LogP contribution in [0.15, 0.2) is 18.3 Å². The molecule has 0 saturated carbocycles. The normalized spacial score (nSPS) is 19.6. The molecule has 1 aromatic rings. The van der Waals surface area contributed by atoms with Crippen LogP contribution in [0.1, 0.15) is 36.0 Å². The Kier molecular flexibility index (Phi) is 4.95. The number of anilines is 1. The molecule has 1 aromatic heterocycles. The van der Waals surface area contributed by atoms with Crippen LogP contribution in [0, 0.1) is 0 Å². The van der Waals surface area contributed by atoms with E-state index in [9.17, 15) is 9.90 Å². The van der Waals surface area contributed by atoms with Crippen LogP contribution in [0.25, 0.3) is 0 Å². The zero-order valence-electron chi connectivity index (χ0n) is 12.2. The molecule has 0 bridgehead atoms. The molecule has 2 rings (SSSR count). The van der Waals surface area contributed by atoms with Crippen LogP contribution in [-0.2, 0) is 0 Å². The Hall–Kier alpha value is -1.62. The number of aromatic nitrogens is 1. The second-order valence-electron chi connectivity index (χ2n) is 5.48. The molecular formula is C15H23N3O2. The SMILES string of the molecule is CN(C)c1ccc(C(=O)N2CCCCCC2CO)cn1. The van der Waals surface area contributed by atoms with E-state index in [-0.39, 0.29) is 18.6 Å². The van der Waals surface area contributed by atoms with Crippen LogP contribution < -0.4 is 4.90 Å². The minimum absolute atomic E-state index is 0.0243. The molecule has 1 aliphatic rings. The average molecular weight is 277 g/mol. The maximum absolute atomic E-state index is 12.6. The van der Waals surface area contributed by atoms with Crippen molar-refractivity contribution < 1.29 is 9.90 Å². The van der Waals surface area contributed by atoms with E-state index in [0.29, 0.717) is 5.56 Å². The maximum Gasteiger partial charge on any atom is 0.255 e. The summed E-state index contributed by atoms with van der Waals surface area (Å²) in [7, 11) is 3.83. The van der Waals surface area contributed by atoms with Gasteiger partial charge in [-0.25, -0.2) is 4.98 Å². The molecular weight excluding hydrogens is 254 g/mol. The molecule has 0 radical (unpaired) electrons. The van der Waals surface area contributed by atoms with E-state index in [1.165, 1.54) is 0 Å². The molecule has 0 aliphatic carbocycles. The monoisotopic (exact) mass is 277 g/mol. The van der Waals surface area contributed by atoms with Gasteiger partial charge in [0, 0.05) is 26.8 Å². The quantitative estimate of drug-likeness (QED) is 0.910. The standard InChI is InChI=1S/C15H23N3O2/c1-17(2)14-8-7-12(10-16-14)15(20)18-9-5-3-4-6-13(18)11-19/h7-8,10,13,19H,3-6,9,11H2,1-2H3. The summed E-state index contributed by atoms with van der Waals surface area (Å²) < 4.78 is 0. The van der Waals surface area contributed by atoms with Gasteiger partial charge in [-0.2, -0.15) is 0 Å². The number of pyridine rings is 1. The Morgan fingerprint density at radius 2 is 2.20 bits per heavy atom. The molecule has 2 heterocycles. The number of aliphatic hydroxyl groups excluding tert-OH is 1. The lowest BCUT2D eigenvalue weighted by atomic mass is 10.1. The van der Waals surface area contributed by atoms with E-state index < -0.39 is 0 Å². The Balaban J connectivity index is 2.15. The zero-order valence-corrected chi connectivity index (χ0v) is 12.2. The fourth-order valence-electron chi connectivity index (χ4n) is 2.58. The van der Waals surface area contributed by atoms with Gasteiger partial charge in [0.25, 0.3) is 5.91 Å². The largest absolute Gasteiger partial charge is 0.394 e. The maximum atomic E-state index is 12.6. The Morgan fingerprint density at radius 1 is 1.40 bits per heavy atom. The highest BCUT2D eigenvalue weighted by molar-refractivity contribution is 5.94. The van der Waals surface area contributed by atoms with Crippen LogP contribution in [0.5, 0.6) is 0 Å². The number of nitrogens with zero attached hydrogens (tertiary/aromatic N) is 3. The first-order valence-corrected chi connectivity index (χ1v) is 7.18. The average Bonchev–Trinajstić information content (AvgIpc) is 2.71. The second kappa shape index (κ2) is 6.70. The van der Waals surface area contributed by atoms with E-state index >= 15 is 0 Å². The van der Waals surface area contributed by atoms with Crippen molar-refractivity contribution in [1.29, 1.82) is 0 Å². The van der Waals surface area contributed by atoms with E-state index in [1.54, 1.807) is 11.1 Å². The molecule has 5 nitrogen and oxygen atoms in total. The van der Waals surface area contributed by atoms with Crippen LogP contribution in [0.2, 0.25) is 0 Å². The summed E-state index contributed by atoms with van der Waals surface area (Å²) in [6, 6.07) is 3.60. The fourth-order valence-corrected chi connectivity index (χ4v) is 2.58. The number of rotatable bonds is 3. The number of aliphatic hydroxyl groups is 1. The molecule has 110 valence electrons. The van der Waals surface area contributed by atoms with Gasteiger partial charge in [-0.3, -0.25) is 4.79 Å². The van der Waals surface area contributed by atoms with Crippen molar-refractivity contribution >= 4 is 11.7 Å². The van der Waals surface area contributed by atoms with Crippen LogP contribution in [0.3, 0.4) is 0 Å². The summed E-state index contributed by atoms with van der Waals surface area (Å²) in [6.07, 6.45) is 5.71. The molecule has 0 spiro atoms. The van der Waals surface area contributed by atoms with Crippen LogP contribution in [-0.4, -0.2) is 54.2 Å². The number of hydrogen-bond donors (Lipinski definition) is 1. The molecule has 1 atom stereocenters. The highest BCUT2D eigenvalue weighted by Gasteiger charge is 2.25. The van der Waals surface area contributed by atoms with E-state index in [2.05, 4.69) is 4.98 Å². The van der Waals surface area contributed by atoms with Gasteiger partial charge in [-0.05, 0) is 25.0 Å². The van der Waals surface area contributed by atoms with Crippen molar-refractivity contribution in [3.63, 3.8) is 0 Å². The highest BCUT2D eigenvalue weighted by Crippen LogP contribution is 2.19. The first-order chi connectivity index (χ1) is 9.63. The van der Waals surface area contributed by atoms with Gasteiger partial charge in [-0.15, -0.1) is 0 Å². The Bertz CT molecular complexity index is 445. The summed E-state index contributed by atoms with van der Waals surface area (Å²) in [4.78, 5) is 20.6. The predicted octanol–water partition coefficient (Wildman–Crippen LogP) is 1.52. The smallest absolute Gasteiger partial charge is 0.255 e. The summed E-state index contributed by atoms with van der Waals surface area (Å²) in [5.74, 6) is 0.805. The van der Waals surface area contributed by atoms with Crippen molar-refractivity contribution in [1.82, 2.24) is 9.88 Å². The fraction of sp³-hybridized carbons (Fsp3) is 0.600. The van der Waals surface area contributed by atoms with E-state index in [4.69, 9.17) is 0 Å². The van der Waals surface area contributed by atoms with Crippen molar-refractivity contribution in [2.75, 3.05) is 32.1 Å². The number of carbonyl (C=O) groups excluding carboxylic acids is 1. The first kappa shape index (κ1) is 14.8. The number of hydrogen-bond acceptors (Lipinski definition) is 4. The molecule has 1 amide bonds. The van der Waals surface area contributed by atoms with Crippen molar-refractivity contribution in [2.45, 2.75) is 31.7 Å². The van der Waals surface area contributed by atoms with Gasteiger partial charge < -0.3 is 14.9 Å². The minimum Gasteiger partial charge on any atom is -0.394 e. The van der Waals surface area contributed by atoms with E-state index in [1.807, 2.05) is 31.1 Å². The first-order valence-electron chi connectivity index (χ1n) is 7.18. The summed E-state index contributed by atoms with van der Waals surface area (Å²) >= 11 is 0. The third-order valence-corrected chi connectivity index (χ3v) is 3.80. The molecule has 1 N–H and O–H groups in total. The minimum atomic E-state index is -0.0569. The van der Waals surface area contributed by atoms with Gasteiger partial charge in [0.1, 0.15) is 5.82 Å². The number of likely N-dealkylation sites (tertiary alicyclic amines) is 1. The van der Waals surface area contributed by atoms with Gasteiger partial charge in [0.2, 0.25) is 0 Å². The molecule has 1 saturated heterocycles. The molecule has 5 heteroatoms. The van der Waals surface area contributed by atoms with Crippen LogP contribution >= 0.6 is 0 Å². The topological polar surface area (TPSA) is 56.7 Å². The predicted molar refractivity (Wildman–Crippen MR) is 78.9 cm³/mol. The van der Waals surface area contributed by atoms with Gasteiger partial charge >= 0.3 is 0 Å². The Morgan fingerprint density at radius 3 is 2.80 bits per heavy atom. The van der Waals surface area contributed by atoms with Gasteiger partial charge in [0.15, 0.2) is 0 Å².